The molecule has 0 aromatic heterocycles. The van der Waals surface area contributed by atoms with Gasteiger partial charge < -0.3 is 14.6 Å². The van der Waals surface area contributed by atoms with Crippen LogP contribution < -0.4 is 9.47 Å². The van der Waals surface area contributed by atoms with Crippen LogP contribution >= 0.6 is 11.6 Å². The third kappa shape index (κ3) is 1.74. The molecule has 1 atom stereocenters. The van der Waals surface area contributed by atoms with Gasteiger partial charge in [0, 0.05) is 29.2 Å². The third-order valence-corrected chi connectivity index (χ3v) is 3.19. The van der Waals surface area contributed by atoms with Crippen molar-refractivity contribution in [1.82, 2.24) is 0 Å². The molecule has 0 amide bonds. The fourth-order valence-corrected chi connectivity index (χ4v) is 2.47. The van der Waals surface area contributed by atoms with Crippen molar-refractivity contribution in [2.75, 3.05) is 13.4 Å². The van der Waals surface area contributed by atoms with Gasteiger partial charge in [-0.3, -0.25) is 0 Å². The summed E-state index contributed by atoms with van der Waals surface area (Å²) in [7, 11) is 0. The van der Waals surface area contributed by atoms with E-state index in [2.05, 4.69) is 0 Å². The Morgan fingerprint density at radius 1 is 1.50 bits per heavy atom. The molecule has 0 radical (unpaired) electrons. The predicted octanol–water partition coefficient (Wildman–Crippen LogP) is 2.73. The van der Waals surface area contributed by atoms with Gasteiger partial charge in [-0.05, 0) is 12.0 Å². The highest BCUT2D eigenvalue weighted by molar-refractivity contribution is 6.31. The Morgan fingerprint density at radius 2 is 2.25 bits per heavy atom. The van der Waals surface area contributed by atoms with E-state index in [1.807, 2.05) is 13.8 Å². The van der Waals surface area contributed by atoms with Crippen LogP contribution in [0.5, 0.6) is 11.5 Å². The SMILES string of the molecule is CCc1c2c(cc(Cl)c1C(C)CO)OCO2. The Kier molecular flexibility index (Phi) is 3.26. The zero-order valence-electron chi connectivity index (χ0n) is 9.42. The fraction of sp³-hybridized carbons (Fsp3) is 0.500. The molecule has 1 aliphatic rings. The number of halogens is 1. The van der Waals surface area contributed by atoms with Gasteiger partial charge in [-0.1, -0.05) is 25.4 Å². The number of aliphatic hydroxyl groups is 1. The number of benzene rings is 1. The van der Waals surface area contributed by atoms with E-state index in [9.17, 15) is 5.11 Å². The Morgan fingerprint density at radius 3 is 2.88 bits per heavy atom. The molecular formula is C12H15ClO3. The summed E-state index contributed by atoms with van der Waals surface area (Å²) in [5.74, 6) is 1.50. The first-order chi connectivity index (χ1) is 7.69. The molecular weight excluding hydrogens is 228 g/mol. The maximum atomic E-state index is 9.25. The molecule has 0 saturated heterocycles. The topological polar surface area (TPSA) is 38.7 Å². The number of aliphatic hydroxyl groups excluding tert-OH is 1. The molecule has 4 heteroatoms. The van der Waals surface area contributed by atoms with Gasteiger partial charge in [-0.15, -0.1) is 0 Å². The first kappa shape index (κ1) is 11.6. The highest BCUT2D eigenvalue weighted by Gasteiger charge is 2.24. The molecule has 2 rings (SSSR count). The molecule has 1 aromatic rings. The number of rotatable bonds is 3. The zero-order valence-corrected chi connectivity index (χ0v) is 10.2. The molecule has 0 fully saturated rings. The van der Waals surface area contributed by atoms with Crippen LogP contribution in [0.25, 0.3) is 0 Å². The minimum absolute atomic E-state index is 0.0111. The summed E-state index contributed by atoms with van der Waals surface area (Å²) in [6.07, 6.45) is 0.811. The highest BCUT2D eigenvalue weighted by atomic mass is 35.5. The minimum Gasteiger partial charge on any atom is -0.454 e. The van der Waals surface area contributed by atoms with Crippen molar-refractivity contribution in [1.29, 1.82) is 0 Å². The maximum Gasteiger partial charge on any atom is 0.231 e. The Bertz CT molecular complexity index is 404. The predicted molar refractivity (Wildman–Crippen MR) is 62.5 cm³/mol. The van der Waals surface area contributed by atoms with E-state index in [4.69, 9.17) is 21.1 Å². The molecule has 0 bridgehead atoms. The van der Waals surface area contributed by atoms with Crippen LogP contribution in [0.1, 0.15) is 30.9 Å². The second kappa shape index (κ2) is 4.52. The summed E-state index contributed by atoms with van der Waals surface area (Å²) in [6, 6.07) is 1.77. The van der Waals surface area contributed by atoms with Crippen molar-refractivity contribution in [3.8, 4) is 11.5 Å². The number of ether oxygens (including phenoxy) is 2. The second-order valence-corrected chi connectivity index (χ2v) is 4.33. The van der Waals surface area contributed by atoms with Gasteiger partial charge in [0.05, 0.1) is 0 Å². The Balaban J connectivity index is 2.59. The van der Waals surface area contributed by atoms with Gasteiger partial charge in [0.2, 0.25) is 6.79 Å². The van der Waals surface area contributed by atoms with Gasteiger partial charge >= 0.3 is 0 Å². The average Bonchev–Trinajstić information content (AvgIpc) is 2.73. The van der Waals surface area contributed by atoms with Gasteiger partial charge in [0.1, 0.15) is 0 Å². The molecule has 0 aliphatic carbocycles. The molecule has 0 saturated carbocycles. The average molecular weight is 243 g/mol. The molecule has 1 unspecified atom stereocenters. The lowest BCUT2D eigenvalue weighted by atomic mass is 9.93. The van der Waals surface area contributed by atoms with Crippen LogP contribution in [-0.4, -0.2) is 18.5 Å². The number of fused-ring (bicyclic) bond motifs is 1. The van der Waals surface area contributed by atoms with Crippen molar-refractivity contribution in [2.24, 2.45) is 0 Å². The summed E-state index contributed by atoms with van der Waals surface area (Å²) in [5, 5.41) is 9.89. The van der Waals surface area contributed by atoms with Gasteiger partial charge in [-0.2, -0.15) is 0 Å². The molecule has 3 nitrogen and oxygen atoms in total. The highest BCUT2D eigenvalue weighted by Crippen LogP contribution is 2.43. The van der Waals surface area contributed by atoms with Crippen LogP contribution in [0.15, 0.2) is 6.07 Å². The Hall–Kier alpha value is -0.930. The third-order valence-electron chi connectivity index (χ3n) is 2.88. The standard InChI is InChI=1S/C12H15ClO3/c1-3-8-11(7(2)5-14)9(13)4-10-12(8)16-6-15-10/h4,7,14H,3,5-6H2,1-2H3. The van der Waals surface area contributed by atoms with Crippen LogP contribution in [-0.2, 0) is 6.42 Å². The van der Waals surface area contributed by atoms with E-state index in [0.29, 0.717) is 10.8 Å². The lowest BCUT2D eigenvalue weighted by Gasteiger charge is -2.17. The van der Waals surface area contributed by atoms with Gasteiger partial charge in [0.25, 0.3) is 0 Å². The van der Waals surface area contributed by atoms with Crippen LogP contribution in [0.3, 0.4) is 0 Å². The summed E-state index contributed by atoms with van der Waals surface area (Å²) in [5.41, 5.74) is 2.01. The summed E-state index contributed by atoms with van der Waals surface area (Å²) >= 11 is 6.22. The van der Waals surface area contributed by atoms with E-state index in [0.717, 1.165) is 23.3 Å². The summed E-state index contributed by atoms with van der Waals surface area (Å²) in [4.78, 5) is 0. The van der Waals surface area contributed by atoms with Crippen molar-refractivity contribution in [3.05, 3.63) is 22.2 Å². The second-order valence-electron chi connectivity index (χ2n) is 3.92. The molecule has 1 N–H and O–H groups in total. The number of hydrogen-bond donors (Lipinski definition) is 1. The number of hydrogen-bond acceptors (Lipinski definition) is 3. The van der Waals surface area contributed by atoms with Crippen molar-refractivity contribution >= 4 is 11.6 Å². The van der Waals surface area contributed by atoms with E-state index >= 15 is 0 Å². The molecule has 16 heavy (non-hydrogen) atoms. The minimum atomic E-state index is 0.0111. The Labute approximate surface area is 99.9 Å². The van der Waals surface area contributed by atoms with E-state index in [1.54, 1.807) is 6.07 Å². The van der Waals surface area contributed by atoms with E-state index < -0.39 is 0 Å². The maximum absolute atomic E-state index is 9.25. The molecule has 1 heterocycles. The normalized spacial score (nSPS) is 15.2. The summed E-state index contributed by atoms with van der Waals surface area (Å²) < 4.78 is 10.8. The summed E-state index contributed by atoms with van der Waals surface area (Å²) in [6.45, 7) is 4.31. The fourth-order valence-electron chi connectivity index (χ4n) is 2.07. The van der Waals surface area contributed by atoms with Crippen molar-refractivity contribution < 1.29 is 14.6 Å². The lowest BCUT2D eigenvalue weighted by Crippen LogP contribution is -2.05. The molecule has 1 aromatic carbocycles. The van der Waals surface area contributed by atoms with Gasteiger partial charge in [0.15, 0.2) is 11.5 Å². The first-order valence-corrected chi connectivity index (χ1v) is 5.78. The van der Waals surface area contributed by atoms with Crippen molar-refractivity contribution in [3.63, 3.8) is 0 Å². The van der Waals surface area contributed by atoms with Crippen LogP contribution in [0.4, 0.5) is 0 Å². The largest absolute Gasteiger partial charge is 0.454 e. The molecule has 88 valence electrons. The molecule has 0 spiro atoms. The van der Waals surface area contributed by atoms with Gasteiger partial charge in [-0.25, -0.2) is 0 Å². The van der Waals surface area contributed by atoms with Crippen LogP contribution in [0, 0.1) is 0 Å². The van der Waals surface area contributed by atoms with E-state index in [1.165, 1.54) is 0 Å². The quantitative estimate of drug-likeness (QED) is 0.886. The first-order valence-electron chi connectivity index (χ1n) is 5.40. The van der Waals surface area contributed by atoms with Crippen molar-refractivity contribution in [2.45, 2.75) is 26.2 Å². The monoisotopic (exact) mass is 242 g/mol. The smallest absolute Gasteiger partial charge is 0.231 e. The molecule has 1 aliphatic heterocycles. The van der Waals surface area contributed by atoms with E-state index in [-0.39, 0.29) is 19.3 Å². The van der Waals surface area contributed by atoms with Crippen LogP contribution in [0.2, 0.25) is 5.02 Å². The zero-order chi connectivity index (χ0) is 11.7. The lowest BCUT2D eigenvalue weighted by molar-refractivity contribution is 0.173.